The molecule has 4 nitrogen and oxygen atoms in total. The molecule has 0 aromatic rings. The van der Waals surface area contributed by atoms with E-state index in [2.05, 4.69) is 17.3 Å². The molecule has 0 bridgehead atoms. The summed E-state index contributed by atoms with van der Waals surface area (Å²) in [6.07, 6.45) is 8.89. The second kappa shape index (κ2) is 6.90. The zero-order valence-electron chi connectivity index (χ0n) is 13.3. The van der Waals surface area contributed by atoms with Crippen LogP contribution in [0.4, 0.5) is 0 Å². The van der Waals surface area contributed by atoms with Crippen LogP contribution in [-0.4, -0.2) is 48.7 Å². The van der Waals surface area contributed by atoms with Crippen LogP contribution >= 0.6 is 0 Å². The van der Waals surface area contributed by atoms with Crippen LogP contribution in [0.25, 0.3) is 0 Å². The Labute approximate surface area is 123 Å². The van der Waals surface area contributed by atoms with Gasteiger partial charge in [0.05, 0.1) is 6.61 Å². The van der Waals surface area contributed by atoms with Crippen molar-refractivity contribution in [2.75, 3.05) is 20.2 Å². The Kier molecular flexibility index (Phi) is 5.44. The molecule has 0 aliphatic heterocycles. The van der Waals surface area contributed by atoms with Gasteiger partial charge in [-0.1, -0.05) is 19.3 Å². The van der Waals surface area contributed by atoms with Crippen molar-refractivity contribution >= 4 is 5.97 Å². The van der Waals surface area contributed by atoms with E-state index in [1.54, 1.807) is 0 Å². The van der Waals surface area contributed by atoms with Gasteiger partial charge in [-0.15, -0.1) is 0 Å². The zero-order chi connectivity index (χ0) is 14.6. The normalized spacial score (nSPS) is 23.6. The SMILES string of the molecule is CCOC(=O)C(C)(CN(C)C1CCCCC1)NC1CC1. The van der Waals surface area contributed by atoms with Crippen molar-refractivity contribution in [2.24, 2.45) is 0 Å². The summed E-state index contributed by atoms with van der Waals surface area (Å²) in [7, 11) is 2.15. The van der Waals surface area contributed by atoms with Crippen LogP contribution in [-0.2, 0) is 9.53 Å². The number of hydrogen-bond acceptors (Lipinski definition) is 4. The Morgan fingerprint density at radius 1 is 1.25 bits per heavy atom. The van der Waals surface area contributed by atoms with Crippen LogP contribution in [0.2, 0.25) is 0 Å². The molecule has 0 heterocycles. The maximum absolute atomic E-state index is 12.3. The molecule has 4 heteroatoms. The summed E-state index contributed by atoms with van der Waals surface area (Å²) in [5.41, 5.74) is -0.566. The molecule has 2 rings (SSSR count). The second-order valence-corrected chi connectivity index (χ2v) is 6.68. The molecule has 0 aromatic carbocycles. The van der Waals surface area contributed by atoms with Gasteiger partial charge in [-0.3, -0.25) is 10.1 Å². The number of carbonyl (C=O) groups is 1. The highest BCUT2D eigenvalue weighted by Crippen LogP contribution is 2.26. The number of carbonyl (C=O) groups excluding carboxylic acids is 1. The molecule has 0 saturated heterocycles. The van der Waals surface area contributed by atoms with Crippen LogP contribution in [0.15, 0.2) is 0 Å². The van der Waals surface area contributed by atoms with Gasteiger partial charge < -0.3 is 9.64 Å². The van der Waals surface area contributed by atoms with Crippen LogP contribution in [0.5, 0.6) is 0 Å². The molecule has 1 N–H and O–H groups in total. The van der Waals surface area contributed by atoms with Crippen molar-refractivity contribution in [1.29, 1.82) is 0 Å². The molecule has 2 aliphatic carbocycles. The highest BCUT2D eigenvalue weighted by Gasteiger charge is 2.41. The molecule has 0 radical (unpaired) electrons. The maximum atomic E-state index is 12.3. The number of rotatable bonds is 7. The van der Waals surface area contributed by atoms with Crippen molar-refractivity contribution in [1.82, 2.24) is 10.2 Å². The van der Waals surface area contributed by atoms with Gasteiger partial charge in [-0.2, -0.15) is 0 Å². The fourth-order valence-electron chi connectivity index (χ4n) is 3.29. The predicted octanol–water partition coefficient (Wildman–Crippen LogP) is 2.32. The molecular formula is C16H30N2O2. The van der Waals surface area contributed by atoms with E-state index >= 15 is 0 Å². The van der Waals surface area contributed by atoms with E-state index in [9.17, 15) is 4.79 Å². The molecule has 2 aliphatic rings. The average Bonchev–Trinajstić information content (AvgIpc) is 3.23. The molecule has 116 valence electrons. The van der Waals surface area contributed by atoms with E-state index < -0.39 is 5.54 Å². The van der Waals surface area contributed by atoms with Crippen molar-refractivity contribution < 1.29 is 9.53 Å². The number of hydrogen-bond donors (Lipinski definition) is 1. The van der Waals surface area contributed by atoms with Gasteiger partial charge in [0.15, 0.2) is 0 Å². The molecule has 1 atom stereocenters. The number of ether oxygens (including phenoxy) is 1. The molecular weight excluding hydrogens is 252 g/mol. The lowest BCUT2D eigenvalue weighted by molar-refractivity contribution is -0.151. The standard InChI is InChI=1S/C16H30N2O2/c1-4-20-15(19)16(2,17-13-10-11-13)12-18(3)14-8-6-5-7-9-14/h13-14,17H,4-12H2,1-3H3. The minimum absolute atomic E-state index is 0.102. The summed E-state index contributed by atoms with van der Waals surface area (Å²) < 4.78 is 5.30. The number of nitrogens with one attached hydrogen (secondary N) is 1. The van der Waals surface area contributed by atoms with E-state index in [1.165, 1.54) is 44.9 Å². The molecule has 2 saturated carbocycles. The quantitative estimate of drug-likeness (QED) is 0.728. The summed E-state index contributed by atoms with van der Waals surface area (Å²) >= 11 is 0. The van der Waals surface area contributed by atoms with Crippen molar-refractivity contribution in [3.05, 3.63) is 0 Å². The van der Waals surface area contributed by atoms with Gasteiger partial charge in [0.25, 0.3) is 0 Å². The first-order chi connectivity index (χ1) is 9.55. The van der Waals surface area contributed by atoms with Gasteiger partial charge in [-0.25, -0.2) is 0 Å². The van der Waals surface area contributed by atoms with E-state index in [-0.39, 0.29) is 5.97 Å². The predicted molar refractivity (Wildman–Crippen MR) is 80.7 cm³/mol. The third kappa shape index (κ3) is 4.19. The van der Waals surface area contributed by atoms with Crippen LogP contribution in [0.3, 0.4) is 0 Å². The number of nitrogens with zero attached hydrogens (tertiary/aromatic N) is 1. The summed E-state index contributed by atoms with van der Waals surface area (Å²) in [5.74, 6) is -0.102. The van der Waals surface area contributed by atoms with Crippen LogP contribution < -0.4 is 5.32 Å². The maximum Gasteiger partial charge on any atom is 0.327 e. The number of likely N-dealkylation sites (N-methyl/N-ethyl adjacent to an activating group) is 1. The first-order valence-corrected chi connectivity index (χ1v) is 8.20. The Hall–Kier alpha value is -0.610. The second-order valence-electron chi connectivity index (χ2n) is 6.68. The topological polar surface area (TPSA) is 41.6 Å². The Bertz CT molecular complexity index is 324. The van der Waals surface area contributed by atoms with Gasteiger partial charge in [0.1, 0.15) is 5.54 Å². The molecule has 0 amide bonds. The van der Waals surface area contributed by atoms with Gasteiger partial charge in [0.2, 0.25) is 0 Å². The highest BCUT2D eigenvalue weighted by atomic mass is 16.5. The first-order valence-electron chi connectivity index (χ1n) is 8.20. The van der Waals surface area contributed by atoms with Crippen LogP contribution in [0.1, 0.15) is 58.8 Å². The summed E-state index contributed by atoms with van der Waals surface area (Å²) in [4.78, 5) is 14.7. The lowest BCUT2D eigenvalue weighted by atomic mass is 9.92. The molecule has 0 spiro atoms. The van der Waals surface area contributed by atoms with Crippen LogP contribution in [0, 0.1) is 0 Å². The van der Waals surface area contributed by atoms with E-state index in [4.69, 9.17) is 4.74 Å². The van der Waals surface area contributed by atoms with Gasteiger partial charge in [0, 0.05) is 18.6 Å². The Morgan fingerprint density at radius 3 is 2.45 bits per heavy atom. The largest absolute Gasteiger partial charge is 0.465 e. The Morgan fingerprint density at radius 2 is 1.90 bits per heavy atom. The highest BCUT2D eigenvalue weighted by molar-refractivity contribution is 5.80. The van der Waals surface area contributed by atoms with Crippen molar-refractivity contribution in [3.8, 4) is 0 Å². The monoisotopic (exact) mass is 282 g/mol. The van der Waals surface area contributed by atoms with Gasteiger partial charge >= 0.3 is 5.97 Å². The van der Waals surface area contributed by atoms with Gasteiger partial charge in [-0.05, 0) is 46.6 Å². The Balaban J connectivity index is 1.96. The minimum Gasteiger partial charge on any atom is -0.465 e. The minimum atomic E-state index is -0.566. The van der Waals surface area contributed by atoms with E-state index in [0.717, 1.165) is 6.54 Å². The third-order valence-corrected chi connectivity index (χ3v) is 4.59. The summed E-state index contributed by atoms with van der Waals surface area (Å²) in [5, 5.41) is 3.51. The van der Waals surface area contributed by atoms with E-state index in [0.29, 0.717) is 18.7 Å². The molecule has 2 fully saturated rings. The number of esters is 1. The summed E-state index contributed by atoms with van der Waals surface area (Å²) in [6, 6.07) is 1.13. The molecule has 0 aromatic heterocycles. The fraction of sp³-hybridized carbons (Fsp3) is 0.938. The van der Waals surface area contributed by atoms with E-state index in [1.807, 2.05) is 13.8 Å². The zero-order valence-corrected chi connectivity index (χ0v) is 13.3. The fourth-order valence-corrected chi connectivity index (χ4v) is 3.29. The van der Waals surface area contributed by atoms with Crippen molar-refractivity contribution in [2.45, 2.75) is 76.4 Å². The summed E-state index contributed by atoms with van der Waals surface area (Å²) in [6.45, 7) is 5.07. The third-order valence-electron chi connectivity index (χ3n) is 4.59. The lowest BCUT2D eigenvalue weighted by Gasteiger charge is -2.38. The first kappa shape index (κ1) is 15.8. The molecule has 20 heavy (non-hydrogen) atoms. The smallest absolute Gasteiger partial charge is 0.327 e. The van der Waals surface area contributed by atoms with Crippen molar-refractivity contribution in [3.63, 3.8) is 0 Å². The average molecular weight is 282 g/mol. The lowest BCUT2D eigenvalue weighted by Crippen LogP contribution is -2.59. The molecule has 1 unspecified atom stereocenters.